The minimum absolute atomic E-state index is 0.0417. The van der Waals surface area contributed by atoms with Gasteiger partial charge in [0, 0.05) is 19.3 Å². The minimum atomic E-state index is -3.83. The van der Waals surface area contributed by atoms with E-state index in [9.17, 15) is 12.8 Å². The van der Waals surface area contributed by atoms with Crippen LogP contribution in [0.25, 0.3) is 0 Å². The molecule has 0 bridgehead atoms. The van der Waals surface area contributed by atoms with E-state index in [2.05, 4.69) is 19.6 Å². The van der Waals surface area contributed by atoms with Gasteiger partial charge >= 0.3 is 0 Å². The van der Waals surface area contributed by atoms with Crippen molar-refractivity contribution < 1.29 is 12.8 Å². The van der Waals surface area contributed by atoms with Crippen LogP contribution in [-0.4, -0.2) is 31.5 Å². The van der Waals surface area contributed by atoms with Crippen LogP contribution in [0.5, 0.6) is 0 Å². The first-order valence-electron chi connectivity index (χ1n) is 8.28. The first kappa shape index (κ1) is 17.8. The van der Waals surface area contributed by atoms with Crippen LogP contribution in [0, 0.1) is 12.7 Å². The van der Waals surface area contributed by atoms with E-state index in [1.165, 1.54) is 18.6 Å². The molecule has 6 nitrogen and oxygen atoms in total. The fraction of sp³-hybridized carbons (Fsp3) is 0.412. The second kappa shape index (κ2) is 7.45. The molecule has 2 aromatic rings. The number of nitrogens with zero attached hydrogens (tertiary/aromatic N) is 3. The van der Waals surface area contributed by atoms with Gasteiger partial charge < -0.3 is 4.90 Å². The molecule has 25 heavy (non-hydrogen) atoms. The molecule has 1 fully saturated rings. The summed E-state index contributed by atoms with van der Waals surface area (Å²) in [7, 11) is -3.83. The highest BCUT2D eigenvalue weighted by molar-refractivity contribution is 7.89. The van der Waals surface area contributed by atoms with Crippen molar-refractivity contribution in [3.05, 3.63) is 47.7 Å². The maximum atomic E-state index is 13.4. The molecule has 0 saturated carbocycles. The molecule has 1 aromatic heterocycles. The van der Waals surface area contributed by atoms with Gasteiger partial charge in [-0.05, 0) is 49.9 Å². The molecular weight excluding hydrogens is 343 g/mol. The summed E-state index contributed by atoms with van der Waals surface area (Å²) in [5.74, 6) is 0.612. The molecule has 0 unspecified atom stereocenters. The fourth-order valence-electron chi connectivity index (χ4n) is 2.87. The molecule has 134 valence electrons. The van der Waals surface area contributed by atoms with Crippen LogP contribution in [-0.2, 0) is 16.6 Å². The summed E-state index contributed by atoms with van der Waals surface area (Å²) in [6.45, 7) is 3.48. The van der Waals surface area contributed by atoms with E-state index < -0.39 is 15.8 Å². The molecule has 0 aliphatic carbocycles. The summed E-state index contributed by atoms with van der Waals surface area (Å²) >= 11 is 0. The molecular formula is C17H21FN4O2S. The Bertz CT molecular complexity index is 851. The average Bonchev–Trinajstić information content (AvgIpc) is 2.63. The number of piperidine rings is 1. The quantitative estimate of drug-likeness (QED) is 0.882. The van der Waals surface area contributed by atoms with E-state index in [1.54, 1.807) is 13.1 Å². The number of anilines is 1. The van der Waals surface area contributed by atoms with Crippen LogP contribution in [0.3, 0.4) is 0 Å². The zero-order chi connectivity index (χ0) is 17.9. The number of halogens is 1. The van der Waals surface area contributed by atoms with Crippen molar-refractivity contribution in [2.75, 3.05) is 18.0 Å². The number of hydrogen-bond acceptors (Lipinski definition) is 5. The second-order valence-electron chi connectivity index (χ2n) is 6.11. The lowest BCUT2D eigenvalue weighted by molar-refractivity contribution is 0.568. The third kappa shape index (κ3) is 4.32. The largest absolute Gasteiger partial charge is 0.357 e. The normalized spacial score (nSPS) is 15.4. The lowest BCUT2D eigenvalue weighted by Gasteiger charge is -2.27. The summed E-state index contributed by atoms with van der Waals surface area (Å²) in [4.78, 5) is 10.7. The third-order valence-electron chi connectivity index (χ3n) is 4.23. The van der Waals surface area contributed by atoms with Gasteiger partial charge in [0.25, 0.3) is 0 Å². The van der Waals surface area contributed by atoms with Crippen molar-refractivity contribution >= 4 is 15.8 Å². The van der Waals surface area contributed by atoms with Crippen molar-refractivity contribution in [1.82, 2.24) is 14.7 Å². The monoisotopic (exact) mass is 364 g/mol. The summed E-state index contributed by atoms with van der Waals surface area (Å²) in [6.07, 6.45) is 5.12. The van der Waals surface area contributed by atoms with Gasteiger partial charge in [-0.1, -0.05) is 6.07 Å². The highest BCUT2D eigenvalue weighted by atomic mass is 32.2. The Morgan fingerprint density at radius 2 is 1.96 bits per heavy atom. The molecule has 0 atom stereocenters. The van der Waals surface area contributed by atoms with Crippen LogP contribution >= 0.6 is 0 Å². The van der Waals surface area contributed by atoms with E-state index >= 15 is 0 Å². The Morgan fingerprint density at radius 1 is 1.20 bits per heavy atom. The Kier molecular flexibility index (Phi) is 5.29. The van der Waals surface area contributed by atoms with Gasteiger partial charge in [0.2, 0.25) is 10.0 Å². The maximum absolute atomic E-state index is 13.4. The third-order valence-corrected chi connectivity index (χ3v) is 5.77. The Morgan fingerprint density at radius 3 is 2.72 bits per heavy atom. The molecule has 0 radical (unpaired) electrons. The van der Waals surface area contributed by atoms with Gasteiger partial charge in [0.05, 0.1) is 11.4 Å². The lowest BCUT2D eigenvalue weighted by atomic mass is 10.1. The highest BCUT2D eigenvalue weighted by Gasteiger charge is 2.18. The summed E-state index contributed by atoms with van der Waals surface area (Å²) in [5.41, 5.74) is 0.483. The van der Waals surface area contributed by atoms with E-state index in [-0.39, 0.29) is 11.4 Å². The van der Waals surface area contributed by atoms with Gasteiger partial charge in [-0.15, -0.1) is 0 Å². The molecule has 1 aliphatic rings. The van der Waals surface area contributed by atoms with Crippen molar-refractivity contribution in [2.45, 2.75) is 37.6 Å². The van der Waals surface area contributed by atoms with E-state index in [0.29, 0.717) is 11.4 Å². The minimum Gasteiger partial charge on any atom is -0.357 e. The Hall–Kier alpha value is -2.06. The molecule has 2 heterocycles. The molecule has 0 amide bonds. The SMILES string of the molecule is Cc1ccc(F)cc1S(=O)(=O)NCc1nccc(N2CCCCC2)n1. The number of nitrogens with one attached hydrogen (secondary N) is 1. The van der Waals surface area contributed by atoms with E-state index in [1.807, 2.05) is 6.07 Å². The first-order chi connectivity index (χ1) is 12.0. The van der Waals surface area contributed by atoms with Crippen molar-refractivity contribution in [2.24, 2.45) is 0 Å². The zero-order valence-electron chi connectivity index (χ0n) is 14.1. The molecule has 8 heteroatoms. The summed E-state index contributed by atoms with van der Waals surface area (Å²) in [5, 5.41) is 0. The summed E-state index contributed by atoms with van der Waals surface area (Å²) < 4.78 is 40.7. The molecule has 1 aromatic carbocycles. The van der Waals surface area contributed by atoms with E-state index in [0.717, 1.165) is 37.8 Å². The Balaban J connectivity index is 1.73. The predicted octanol–water partition coefficient (Wildman–Crippen LogP) is 2.39. The van der Waals surface area contributed by atoms with Crippen LogP contribution in [0.2, 0.25) is 0 Å². The van der Waals surface area contributed by atoms with Crippen LogP contribution in [0.15, 0.2) is 35.4 Å². The molecule has 3 rings (SSSR count). The molecule has 1 aliphatic heterocycles. The number of hydrogen-bond donors (Lipinski definition) is 1. The maximum Gasteiger partial charge on any atom is 0.241 e. The van der Waals surface area contributed by atoms with Gasteiger partial charge in [-0.3, -0.25) is 0 Å². The first-order valence-corrected chi connectivity index (χ1v) is 9.77. The van der Waals surface area contributed by atoms with Crippen LogP contribution in [0.1, 0.15) is 30.7 Å². The molecule has 1 N–H and O–H groups in total. The van der Waals surface area contributed by atoms with E-state index in [4.69, 9.17) is 0 Å². The van der Waals surface area contributed by atoms with Gasteiger partial charge in [0.15, 0.2) is 0 Å². The number of benzene rings is 1. The molecule has 1 saturated heterocycles. The van der Waals surface area contributed by atoms with Crippen LogP contribution < -0.4 is 9.62 Å². The van der Waals surface area contributed by atoms with Crippen molar-refractivity contribution in [1.29, 1.82) is 0 Å². The predicted molar refractivity (Wildman–Crippen MR) is 93.3 cm³/mol. The van der Waals surface area contributed by atoms with Crippen LogP contribution in [0.4, 0.5) is 10.2 Å². The second-order valence-corrected chi connectivity index (χ2v) is 7.85. The lowest BCUT2D eigenvalue weighted by Crippen LogP contribution is -2.31. The fourth-order valence-corrected chi connectivity index (χ4v) is 4.11. The Labute approximate surface area is 147 Å². The number of aryl methyl sites for hydroxylation is 1. The van der Waals surface area contributed by atoms with Gasteiger partial charge in [0.1, 0.15) is 17.5 Å². The van der Waals surface area contributed by atoms with Crippen molar-refractivity contribution in [3.8, 4) is 0 Å². The average molecular weight is 364 g/mol. The zero-order valence-corrected chi connectivity index (χ0v) is 14.9. The molecule has 0 spiro atoms. The van der Waals surface area contributed by atoms with Gasteiger partial charge in [-0.25, -0.2) is 27.5 Å². The van der Waals surface area contributed by atoms with Gasteiger partial charge in [-0.2, -0.15) is 0 Å². The number of aromatic nitrogens is 2. The topological polar surface area (TPSA) is 75.2 Å². The highest BCUT2D eigenvalue weighted by Crippen LogP contribution is 2.18. The number of sulfonamides is 1. The summed E-state index contributed by atoms with van der Waals surface area (Å²) in [6, 6.07) is 5.53. The number of rotatable bonds is 5. The smallest absolute Gasteiger partial charge is 0.241 e. The van der Waals surface area contributed by atoms with Crippen molar-refractivity contribution in [3.63, 3.8) is 0 Å². The standard InChI is InChI=1S/C17H21FN4O2S/c1-13-5-6-14(18)11-15(13)25(23,24)20-12-16-19-8-7-17(21-16)22-9-3-2-4-10-22/h5-8,11,20H,2-4,9-10,12H2,1H3.